The minimum atomic E-state index is -0.196. The second-order valence-corrected chi connectivity index (χ2v) is 5.83. The topological polar surface area (TPSA) is 26.3 Å². The zero-order chi connectivity index (χ0) is 13.2. The van der Waals surface area contributed by atoms with Crippen molar-refractivity contribution in [3.63, 3.8) is 0 Å². The third-order valence-corrected chi connectivity index (χ3v) is 4.43. The van der Waals surface area contributed by atoms with E-state index in [1.807, 2.05) is 31.2 Å². The Bertz CT molecular complexity index is 486. The van der Waals surface area contributed by atoms with Crippen LogP contribution < -0.4 is 0 Å². The van der Waals surface area contributed by atoms with Crippen LogP contribution in [0, 0.1) is 24.7 Å². The highest BCUT2D eigenvalue weighted by Gasteiger charge is 2.35. The molecule has 2 aliphatic rings. The lowest BCUT2D eigenvalue weighted by Crippen LogP contribution is -2.13. The molecule has 1 aromatic carbocycles. The van der Waals surface area contributed by atoms with Gasteiger partial charge in [0.1, 0.15) is 0 Å². The van der Waals surface area contributed by atoms with E-state index < -0.39 is 0 Å². The number of ether oxygens (including phenoxy) is 1. The van der Waals surface area contributed by atoms with Crippen molar-refractivity contribution in [2.75, 3.05) is 6.61 Å². The molecule has 1 saturated carbocycles. The smallest absolute Gasteiger partial charge is 0.338 e. The number of hydrogen-bond acceptors (Lipinski definition) is 2. The molecule has 2 nitrogen and oxygen atoms in total. The average molecular weight is 256 g/mol. The Morgan fingerprint density at radius 3 is 2.63 bits per heavy atom. The van der Waals surface area contributed by atoms with Gasteiger partial charge in [0.2, 0.25) is 0 Å². The lowest BCUT2D eigenvalue weighted by molar-refractivity contribution is 0.0477. The van der Waals surface area contributed by atoms with Crippen LogP contribution in [-0.2, 0) is 4.74 Å². The number of rotatable bonds is 4. The fraction of sp³-hybridized carbons (Fsp3) is 0.471. The number of carbonyl (C=O) groups excluding carboxylic acids is 1. The number of benzene rings is 1. The Morgan fingerprint density at radius 2 is 2.00 bits per heavy atom. The fourth-order valence-electron chi connectivity index (χ4n) is 3.30. The first-order valence-electron chi connectivity index (χ1n) is 7.14. The zero-order valence-corrected chi connectivity index (χ0v) is 11.3. The van der Waals surface area contributed by atoms with E-state index in [4.69, 9.17) is 4.74 Å². The molecular weight excluding hydrogens is 236 g/mol. The number of hydrogen-bond donors (Lipinski definition) is 0. The summed E-state index contributed by atoms with van der Waals surface area (Å²) in [5.41, 5.74) is 1.81. The van der Waals surface area contributed by atoms with E-state index in [9.17, 15) is 4.79 Å². The van der Waals surface area contributed by atoms with Crippen LogP contribution in [0.3, 0.4) is 0 Å². The van der Waals surface area contributed by atoms with Gasteiger partial charge >= 0.3 is 5.97 Å². The largest absolute Gasteiger partial charge is 0.462 e. The maximum Gasteiger partial charge on any atom is 0.338 e. The minimum absolute atomic E-state index is 0.196. The Hall–Kier alpha value is -1.57. The van der Waals surface area contributed by atoms with E-state index in [-0.39, 0.29) is 5.97 Å². The first kappa shape index (κ1) is 12.5. The molecule has 100 valence electrons. The van der Waals surface area contributed by atoms with Crippen LogP contribution in [0.5, 0.6) is 0 Å². The lowest BCUT2D eigenvalue weighted by Gasteiger charge is -2.17. The SMILES string of the molecule is Cc1ccc(C(=O)OCCC2CC3C=CC2C3)cc1. The Morgan fingerprint density at radius 1 is 1.21 bits per heavy atom. The van der Waals surface area contributed by atoms with Crippen LogP contribution in [0.2, 0.25) is 0 Å². The third-order valence-electron chi connectivity index (χ3n) is 4.43. The molecule has 0 heterocycles. The molecule has 0 N–H and O–H groups in total. The lowest BCUT2D eigenvalue weighted by atomic mass is 9.91. The number of allylic oxidation sites excluding steroid dienone is 2. The molecule has 0 amide bonds. The molecule has 19 heavy (non-hydrogen) atoms. The molecule has 1 aromatic rings. The predicted octanol–water partition coefficient (Wildman–Crippen LogP) is 3.75. The first-order chi connectivity index (χ1) is 9.22. The van der Waals surface area contributed by atoms with E-state index >= 15 is 0 Å². The summed E-state index contributed by atoms with van der Waals surface area (Å²) in [5.74, 6) is 2.06. The van der Waals surface area contributed by atoms with Crippen molar-refractivity contribution in [2.45, 2.75) is 26.2 Å². The van der Waals surface area contributed by atoms with Gasteiger partial charge in [-0.25, -0.2) is 4.79 Å². The number of fused-ring (bicyclic) bond motifs is 2. The molecule has 2 aliphatic carbocycles. The molecule has 3 unspecified atom stereocenters. The van der Waals surface area contributed by atoms with Gasteiger partial charge in [-0.05, 0) is 56.1 Å². The molecule has 3 rings (SSSR count). The molecule has 0 aromatic heterocycles. The van der Waals surface area contributed by atoms with Crippen molar-refractivity contribution >= 4 is 5.97 Å². The normalized spacial score (nSPS) is 27.7. The van der Waals surface area contributed by atoms with Crippen LogP contribution >= 0.6 is 0 Å². The summed E-state index contributed by atoms with van der Waals surface area (Å²) in [6, 6.07) is 7.55. The summed E-state index contributed by atoms with van der Waals surface area (Å²) < 4.78 is 5.37. The molecule has 2 bridgehead atoms. The molecule has 0 spiro atoms. The molecule has 0 saturated heterocycles. The monoisotopic (exact) mass is 256 g/mol. The van der Waals surface area contributed by atoms with Crippen LogP contribution in [0.4, 0.5) is 0 Å². The number of esters is 1. The number of carbonyl (C=O) groups is 1. The molecule has 3 atom stereocenters. The van der Waals surface area contributed by atoms with E-state index in [1.54, 1.807) is 0 Å². The minimum Gasteiger partial charge on any atom is -0.462 e. The Balaban J connectivity index is 1.46. The fourth-order valence-corrected chi connectivity index (χ4v) is 3.30. The summed E-state index contributed by atoms with van der Waals surface area (Å²) in [7, 11) is 0. The van der Waals surface area contributed by atoms with Gasteiger partial charge in [0.15, 0.2) is 0 Å². The van der Waals surface area contributed by atoms with E-state index in [0.717, 1.165) is 29.7 Å². The molecule has 0 radical (unpaired) electrons. The molecule has 2 heteroatoms. The van der Waals surface area contributed by atoms with Gasteiger partial charge < -0.3 is 4.74 Å². The molecule has 0 aliphatic heterocycles. The highest BCUT2D eigenvalue weighted by atomic mass is 16.5. The van der Waals surface area contributed by atoms with Gasteiger partial charge in [-0.15, -0.1) is 0 Å². The second-order valence-electron chi connectivity index (χ2n) is 5.83. The van der Waals surface area contributed by atoms with Gasteiger partial charge in [-0.3, -0.25) is 0 Å². The summed E-state index contributed by atoms with van der Waals surface area (Å²) in [6.45, 7) is 2.56. The number of aryl methyl sites for hydroxylation is 1. The quantitative estimate of drug-likeness (QED) is 0.605. The first-order valence-corrected chi connectivity index (χ1v) is 7.14. The van der Waals surface area contributed by atoms with Crippen molar-refractivity contribution in [3.8, 4) is 0 Å². The molecule has 1 fully saturated rings. The van der Waals surface area contributed by atoms with Gasteiger partial charge in [0, 0.05) is 0 Å². The van der Waals surface area contributed by atoms with Crippen molar-refractivity contribution in [2.24, 2.45) is 17.8 Å². The van der Waals surface area contributed by atoms with Gasteiger partial charge in [-0.1, -0.05) is 29.8 Å². The van der Waals surface area contributed by atoms with Crippen LogP contribution in [0.25, 0.3) is 0 Å². The van der Waals surface area contributed by atoms with Crippen molar-refractivity contribution in [1.82, 2.24) is 0 Å². The molecular formula is C17H20O2. The Labute approximate surface area is 114 Å². The van der Waals surface area contributed by atoms with Gasteiger partial charge in [0.25, 0.3) is 0 Å². The summed E-state index contributed by atoms with van der Waals surface area (Å²) in [6.07, 6.45) is 8.29. The third kappa shape index (κ3) is 2.73. The van der Waals surface area contributed by atoms with E-state index in [1.165, 1.54) is 12.8 Å². The van der Waals surface area contributed by atoms with Crippen LogP contribution in [-0.4, -0.2) is 12.6 Å². The maximum atomic E-state index is 11.9. The van der Waals surface area contributed by atoms with Crippen LogP contribution in [0.15, 0.2) is 36.4 Å². The maximum absolute atomic E-state index is 11.9. The van der Waals surface area contributed by atoms with Crippen molar-refractivity contribution < 1.29 is 9.53 Å². The summed E-state index contributed by atoms with van der Waals surface area (Å²) in [5, 5.41) is 0. The zero-order valence-electron chi connectivity index (χ0n) is 11.3. The second kappa shape index (κ2) is 5.20. The highest BCUT2D eigenvalue weighted by Crippen LogP contribution is 2.44. The van der Waals surface area contributed by atoms with Crippen LogP contribution in [0.1, 0.15) is 35.2 Å². The van der Waals surface area contributed by atoms with E-state index in [2.05, 4.69) is 12.2 Å². The average Bonchev–Trinajstić information content (AvgIpc) is 3.02. The van der Waals surface area contributed by atoms with Crippen molar-refractivity contribution in [1.29, 1.82) is 0 Å². The summed E-state index contributed by atoms with van der Waals surface area (Å²) in [4.78, 5) is 11.9. The van der Waals surface area contributed by atoms with Crippen molar-refractivity contribution in [3.05, 3.63) is 47.5 Å². The highest BCUT2D eigenvalue weighted by molar-refractivity contribution is 5.89. The standard InChI is InChI=1S/C17H20O2/c1-12-2-5-14(6-3-12)17(18)19-9-8-16-11-13-4-7-15(16)10-13/h2-7,13,15-16H,8-11H2,1H3. The van der Waals surface area contributed by atoms with Gasteiger partial charge in [-0.2, -0.15) is 0 Å². The summed E-state index contributed by atoms with van der Waals surface area (Å²) >= 11 is 0. The van der Waals surface area contributed by atoms with E-state index in [0.29, 0.717) is 12.2 Å². The predicted molar refractivity (Wildman–Crippen MR) is 74.9 cm³/mol. The van der Waals surface area contributed by atoms with Gasteiger partial charge in [0.05, 0.1) is 12.2 Å². The Kier molecular flexibility index (Phi) is 3.41.